The molecule has 1 fully saturated rings. The van der Waals surface area contributed by atoms with Crippen LogP contribution < -0.4 is 10.6 Å². The van der Waals surface area contributed by atoms with Gasteiger partial charge >= 0.3 is 6.03 Å². The summed E-state index contributed by atoms with van der Waals surface area (Å²) in [6.07, 6.45) is 0. The SMILES string of the molecule is Cc1ccc2nc(-c3ccc(N=NC4C(=O)NC(=O)NC4=O)cc3)sc2c1S(=O)(=O)O. The maximum absolute atomic E-state index is 11.8. The quantitative estimate of drug-likeness (QED) is 0.306. The molecule has 0 bridgehead atoms. The molecule has 13 heteroatoms. The lowest BCUT2D eigenvalue weighted by molar-refractivity contribution is -0.131. The van der Waals surface area contributed by atoms with Crippen LogP contribution in [0.3, 0.4) is 0 Å². The molecule has 0 atom stereocenters. The summed E-state index contributed by atoms with van der Waals surface area (Å²) in [4.78, 5) is 38.6. The van der Waals surface area contributed by atoms with Gasteiger partial charge in [0.2, 0.25) is 6.04 Å². The van der Waals surface area contributed by atoms with Gasteiger partial charge in [0.15, 0.2) is 0 Å². The zero-order valence-electron chi connectivity index (χ0n) is 15.7. The number of carbonyl (C=O) groups excluding carboxylic acids is 3. The molecule has 3 aromatic rings. The number of barbiturate groups is 1. The number of aromatic nitrogens is 1. The molecule has 0 aliphatic carbocycles. The molecule has 0 radical (unpaired) electrons. The van der Waals surface area contributed by atoms with Crippen LogP contribution in [0.25, 0.3) is 20.8 Å². The summed E-state index contributed by atoms with van der Waals surface area (Å²) in [5.41, 5.74) is 1.86. The lowest BCUT2D eigenvalue weighted by Crippen LogP contribution is -2.57. The summed E-state index contributed by atoms with van der Waals surface area (Å²) < 4.78 is 33.4. The molecule has 1 aliphatic rings. The lowest BCUT2D eigenvalue weighted by atomic mass is 10.2. The highest BCUT2D eigenvalue weighted by atomic mass is 32.2. The molecule has 1 saturated heterocycles. The zero-order valence-corrected chi connectivity index (χ0v) is 17.3. The number of benzene rings is 2. The molecule has 2 heterocycles. The Kier molecular flexibility index (Phi) is 5.08. The van der Waals surface area contributed by atoms with Crippen LogP contribution in [0.5, 0.6) is 0 Å². The van der Waals surface area contributed by atoms with Crippen LogP contribution in [0.15, 0.2) is 51.5 Å². The fourth-order valence-corrected chi connectivity index (χ4v) is 5.24. The van der Waals surface area contributed by atoms with Gasteiger partial charge in [-0.25, -0.2) is 9.78 Å². The van der Waals surface area contributed by atoms with E-state index < -0.39 is 34.0 Å². The van der Waals surface area contributed by atoms with E-state index in [0.29, 0.717) is 32.0 Å². The van der Waals surface area contributed by atoms with Crippen molar-refractivity contribution in [3.63, 3.8) is 0 Å². The van der Waals surface area contributed by atoms with Crippen molar-refractivity contribution in [1.29, 1.82) is 0 Å². The fraction of sp³-hybridized carbons (Fsp3) is 0.111. The first-order valence-corrected chi connectivity index (χ1v) is 10.9. The average Bonchev–Trinajstić information content (AvgIpc) is 3.10. The number of nitrogens with one attached hydrogen (secondary N) is 2. The van der Waals surface area contributed by atoms with Crippen LogP contribution in [-0.4, -0.2) is 41.8 Å². The number of hydrogen-bond acceptors (Lipinski definition) is 9. The molecule has 2 aromatic carbocycles. The Hall–Kier alpha value is -3.55. The Bertz CT molecular complexity index is 1360. The van der Waals surface area contributed by atoms with Gasteiger partial charge in [0.1, 0.15) is 9.90 Å². The molecular weight excluding hydrogens is 446 g/mol. The van der Waals surface area contributed by atoms with Crippen molar-refractivity contribution in [2.45, 2.75) is 17.9 Å². The van der Waals surface area contributed by atoms with E-state index in [1.54, 1.807) is 43.3 Å². The summed E-state index contributed by atoms with van der Waals surface area (Å²) in [7, 11) is -4.41. The first-order chi connectivity index (χ1) is 14.6. The number of aryl methyl sites for hydroxylation is 1. The molecular formula is C18H13N5O6S2. The molecule has 0 unspecified atom stereocenters. The molecule has 4 rings (SSSR count). The predicted molar refractivity (Wildman–Crippen MR) is 110 cm³/mol. The third-order valence-electron chi connectivity index (χ3n) is 4.34. The van der Waals surface area contributed by atoms with Crippen LogP contribution in [0.4, 0.5) is 10.5 Å². The number of amides is 4. The summed E-state index contributed by atoms with van der Waals surface area (Å²) in [5.74, 6) is -1.73. The van der Waals surface area contributed by atoms with Crippen LogP contribution in [0.1, 0.15) is 5.56 Å². The van der Waals surface area contributed by atoms with Crippen molar-refractivity contribution < 1.29 is 27.4 Å². The van der Waals surface area contributed by atoms with Crippen LogP contribution in [0.2, 0.25) is 0 Å². The fourth-order valence-electron chi connectivity index (χ4n) is 2.92. The van der Waals surface area contributed by atoms with E-state index in [-0.39, 0.29) is 4.90 Å². The summed E-state index contributed by atoms with van der Waals surface area (Å²) >= 11 is 1.12. The third-order valence-corrected chi connectivity index (χ3v) is 6.65. The molecule has 11 nitrogen and oxygen atoms in total. The van der Waals surface area contributed by atoms with Gasteiger partial charge in [-0.1, -0.05) is 6.07 Å². The first-order valence-electron chi connectivity index (χ1n) is 8.68. The number of carbonyl (C=O) groups is 3. The van der Waals surface area contributed by atoms with Gasteiger partial charge in [0.05, 0.1) is 15.9 Å². The van der Waals surface area contributed by atoms with Gasteiger partial charge < -0.3 is 0 Å². The van der Waals surface area contributed by atoms with E-state index in [0.717, 1.165) is 11.3 Å². The number of thiazole rings is 1. The molecule has 4 amide bonds. The second-order valence-electron chi connectivity index (χ2n) is 6.53. The van der Waals surface area contributed by atoms with Gasteiger partial charge in [0, 0.05) is 5.56 Å². The molecule has 1 aliphatic heterocycles. The number of imide groups is 2. The van der Waals surface area contributed by atoms with Crippen LogP contribution in [-0.2, 0) is 19.7 Å². The number of nitrogens with zero attached hydrogens (tertiary/aromatic N) is 3. The standard InChI is InChI=1S/C18H13N5O6S2/c1-8-2-7-11-13(14(8)31(27,28)29)30-17(19-11)9-3-5-10(6-4-9)22-23-12-15(24)20-18(26)21-16(12)25/h2-7,12H,1H3,(H,27,28,29)(H2,20,21,24,25,26). The summed E-state index contributed by atoms with van der Waals surface area (Å²) in [5, 5.41) is 11.9. The normalized spacial score (nSPS) is 15.5. The molecule has 3 N–H and O–H groups in total. The maximum atomic E-state index is 11.8. The minimum Gasteiger partial charge on any atom is -0.282 e. The van der Waals surface area contributed by atoms with Crippen LogP contribution in [0, 0.1) is 6.92 Å². The van der Waals surface area contributed by atoms with E-state index in [2.05, 4.69) is 15.2 Å². The largest absolute Gasteiger partial charge is 0.328 e. The van der Waals surface area contributed by atoms with Gasteiger partial charge in [-0.15, -0.1) is 11.3 Å². The Morgan fingerprint density at radius 3 is 2.29 bits per heavy atom. The van der Waals surface area contributed by atoms with E-state index in [1.165, 1.54) is 0 Å². The molecule has 31 heavy (non-hydrogen) atoms. The summed E-state index contributed by atoms with van der Waals surface area (Å²) in [6, 6.07) is 7.34. The Labute approximate surface area is 179 Å². The van der Waals surface area contributed by atoms with Crippen molar-refractivity contribution in [2.75, 3.05) is 0 Å². The van der Waals surface area contributed by atoms with Crippen molar-refractivity contribution in [2.24, 2.45) is 10.2 Å². The van der Waals surface area contributed by atoms with Gasteiger partial charge in [-0.2, -0.15) is 18.6 Å². The zero-order chi connectivity index (χ0) is 22.3. The Balaban J connectivity index is 1.62. The van der Waals surface area contributed by atoms with Crippen molar-refractivity contribution in [3.05, 3.63) is 42.0 Å². The lowest BCUT2D eigenvalue weighted by Gasteiger charge is -2.16. The smallest absolute Gasteiger partial charge is 0.282 e. The highest BCUT2D eigenvalue weighted by molar-refractivity contribution is 7.86. The minimum absolute atomic E-state index is 0.165. The van der Waals surface area contributed by atoms with Crippen molar-refractivity contribution in [1.82, 2.24) is 15.6 Å². The van der Waals surface area contributed by atoms with Crippen molar-refractivity contribution in [3.8, 4) is 10.6 Å². The molecule has 1 aromatic heterocycles. The first kappa shape index (κ1) is 20.7. The second kappa shape index (κ2) is 7.61. The topological polar surface area (TPSA) is 167 Å². The number of urea groups is 1. The average molecular weight is 459 g/mol. The van der Waals surface area contributed by atoms with Gasteiger partial charge in [0.25, 0.3) is 21.9 Å². The molecule has 158 valence electrons. The predicted octanol–water partition coefficient (Wildman–Crippen LogP) is 2.34. The summed E-state index contributed by atoms with van der Waals surface area (Å²) in [6.45, 7) is 1.59. The third kappa shape index (κ3) is 4.05. The number of fused-ring (bicyclic) bond motifs is 1. The number of rotatable bonds is 4. The number of azo groups is 1. The van der Waals surface area contributed by atoms with Crippen LogP contribution >= 0.6 is 11.3 Å². The minimum atomic E-state index is -4.41. The maximum Gasteiger partial charge on any atom is 0.328 e. The molecule has 0 spiro atoms. The highest BCUT2D eigenvalue weighted by Crippen LogP contribution is 2.36. The van der Waals surface area contributed by atoms with E-state index >= 15 is 0 Å². The van der Waals surface area contributed by atoms with Crippen molar-refractivity contribution >= 4 is 55.2 Å². The highest BCUT2D eigenvalue weighted by Gasteiger charge is 2.34. The van der Waals surface area contributed by atoms with E-state index in [9.17, 15) is 27.4 Å². The molecule has 0 saturated carbocycles. The van der Waals surface area contributed by atoms with E-state index in [4.69, 9.17) is 0 Å². The number of hydrogen-bond donors (Lipinski definition) is 3. The monoisotopic (exact) mass is 459 g/mol. The van der Waals surface area contributed by atoms with E-state index in [1.807, 2.05) is 10.6 Å². The Morgan fingerprint density at radius 1 is 1.03 bits per heavy atom. The second-order valence-corrected chi connectivity index (χ2v) is 8.88. The van der Waals surface area contributed by atoms with Gasteiger partial charge in [-0.05, 0) is 42.8 Å². The van der Waals surface area contributed by atoms with Gasteiger partial charge in [-0.3, -0.25) is 24.8 Å². The Morgan fingerprint density at radius 2 is 1.68 bits per heavy atom.